The monoisotopic (exact) mass is 367 g/mol. The Labute approximate surface area is 162 Å². The van der Waals surface area contributed by atoms with Gasteiger partial charge in [-0.05, 0) is 48.7 Å². The zero-order valence-corrected chi connectivity index (χ0v) is 15.5. The number of fused-ring (bicyclic) bond motifs is 5. The number of aromatic nitrogens is 5. The van der Waals surface area contributed by atoms with Crippen LogP contribution in [0.15, 0.2) is 55.0 Å². The molecule has 6 nitrogen and oxygen atoms in total. The number of nitrogens with zero attached hydrogens (tertiary/aromatic N) is 5. The molecule has 0 saturated heterocycles. The molecule has 0 amide bonds. The Morgan fingerprint density at radius 2 is 2.00 bits per heavy atom. The second-order valence-corrected chi connectivity index (χ2v) is 6.70. The Morgan fingerprint density at radius 1 is 1.07 bits per heavy atom. The predicted octanol–water partition coefficient (Wildman–Crippen LogP) is 3.07. The van der Waals surface area contributed by atoms with E-state index < -0.39 is 0 Å². The van der Waals surface area contributed by atoms with Gasteiger partial charge < -0.3 is 4.74 Å². The van der Waals surface area contributed by atoms with Crippen LogP contribution in [0.4, 0.5) is 0 Å². The molecule has 6 heteroatoms. The Balaban J connectivity index is 1.64. The maximum Gasteiger partial charge on any atom is 0.135 e. The summed E-state index contributed by atoms with van der Waals surface area (Å²) in [5.74, 6) is 7.21. The van der Waals surface area contributed by atoms with E-state index in [1.807, 2.05) is 35.3 Å². The molecule has 0 radical (unpaired) electrons. The molecule has 3 heterocycles. The third-order valence-corrected chi connectivity index (χ3v) is 4.85. The molecule has 2 aromatic carbocycles. The van der Waals surface area contributed by atoms with Gasteiger partial charge in [0, 0.05) is 12.0 Å². The number of ether oxygens (including phenoxy) is 1. The Hall–Kier alpha value is -3.85. The molecule has 0 unspecified atom stereocenters. The van der Waals surface area contributed by atoms with Gasteiger partial charge in [-0.1, -0.05) is 23.3 Å². The number of hydrogen-bond acceptors (Lipinski definition) is 4. The smallest absolute Gasteiger partial charge is 0.135 e. The normalized spacial score (nSPS) is 11.5. The zero-order chi connectivity index (χ0) is 19.1. The fourth-order valence-corrected chi connectivity index (χ4v) is 3.44. The first-order valence-corrected chi connectivity index (χ1v) is 8.96. The lowest BCUT2D eigenvalue weighted by atomic mass is 10.1. The largest absolute Gasteiger partial charge is 0.497 e. The van der Waals surface area contributed by atoms with Gasteiger partial charge in [-0.3, -0.25) is 4.57 Å². The fraction of sp³-hybridized carbons (Fsp3) is 0.136. The van der Waals surface area contributed by atoms with E-state index in [9.17, 15) is 0 Å². The Morgan fingerprint density at radius 3 is 2.89 bits per heavy atom. The van der Waals surface area contributed by atoms with E-state index in [1.54, 1.807) is 13.3 Å². The van der Waals surface area contributed by atoms with Crippen LogP contribution in [0, 0.1) is 18.8 Å². The molecular formula is C22H17N5O. The minimum absolute atomic E-state index is 0.656. The third kappa shape index (κ3) is 2.65. The lowest BCUT2D eigenvalue weighted by Crippen LogP contribution is -2.03. The van der Waals surface area contributed by atoms with Crippen LogP contribution in [-0.2, 0) is 6.42 Å². The molecule has 0 saturated carbocycles. The SMILES string of the molecule is COc1cccc(C#Cc2ncn3c2Cc2cnnn2-c2cc(C)ccc2-3)c1. The van der Waals surface area contributed by atoms with Crippen molar-refractivity contribution in [2.75, 3.05) is 7.11 Å². The lowest BCUT2D eigenvalue weighted by molar-refractivity contribution is 0.414. The van der Waals surface area contributed by atoms with E-state index in [1.165, 1.54) is 5.56 Å². The zero-order valence-electron chi connectivity index (χ0n) is 15.5. The van der Waals surface area contributed by atoms with Gasteiger partial charge in [0.2, 0.25) is 0 Å². The predicted molar refractivity (Wildman–Crippen MR) is 105 cm³/mol. The van der Waals surface area contributed by atoms with Gasteiger partial charge in [-0.25, -0.2) is 9.67 Å². The van der Waals surface area contributed by atoms with Gasteiger partial charge in [0.1, 0.15) is 17.8 Å². The van der Waals surface area contributed by atoms with Crippen LogP contribution in [0.25, 0.3) is 11.4 Å². The fourth-order valence-electron chi connectivity index (χ4n) is 3.44. The number of aryl methyl sites for hydroxylation is 1. The summed E-state index contributed by atoms with van der Waals surface area (Å²) in [5.41, 5.74) is 6.86. The minimum atomic E-state index is 0.656. The standard InChI is InChI=1S/C22H17N5O/c1-15-6-9-20-22(10-15)27-17(13-24-25-27)12-21-19(23-14-26(20)21)8-7-16-4-3-5-18(11-16)28-2/h3-6,9-11,13-14H,12H2,1-2H3. The highest BCUT2D eigenvalue weighted by Crippen LogP contribution is 2.29. The average Bonchev–Trinajstić information content (AvgIpc) is 3.31. The first-order chi connectivity index (χ1) is 13.7. The van der Waals surface area contributed by atoms with Crippen LogP contribution in [0.1, 0.15) is 28.2 Å². The van der Waals surface area contributed by atoms with E-state index in [-0.39, 0.29) is 0 Å². The molecule has 0 N–H and O–H groups in total. The molecule has 0 bridgehead atoms. The quantitative estimate of drug-likeness (QED) is 0.427. The van der Waals surface area contributed by atoms with Gasteiger partial charge in [-0.15, -0.1) is 5.10 Å². The summed E-state index contributed by atoms with van der Waals surface area (Å²) in [4.78, 5) is 4.58. The summed E-state index contributed by atoms with van der Waals surface area (Å²) >= 11 is 0. The molecule has 1 aliphatic rings. The molecule has 0 fully saturated rings. The van der Waals surface area contributed by atoms with Crippen molar-refractivity contribution in [2.45, 2.75) is 13.3 Å². The molecule has 0 atom stereocenters. The Bertz CT molecular complexity index is 1260. The maximum atomic E-state index is 5.27. The van der Waals surface area contributed by atoms with Gasteiger partial charge in [0.15, 0.2) is 0 Å². The van der Waals surface area contributed by atoms with Crippen molar-refractivity contribution in [3.8, 4) is 29.0 Å². The summed E-state index contributed by atoms with van der Waals surface area (Å²) in [7, 11) is 1.65. The molecule has 1 aliphatic heterocycles. The van der Waals surface area contributed by atoms with Crippen molar-refractivity contribution in [3.63, 3.8) is 0 Å². The second-order valence-electron chi connectivity index (χ2n) is 6.70. The minimum Gasteiger partial charge on any atom is -0.497 e. The van der Waals surface area contributed by atoms with Gasteiger partial charge in [0.25, 0.3) is 0 Å². The van der Waals surface area contributed by atoms with E-state index in [2.05, 4.69) is 56.8 Å². The average molecular weight is 367 g/mol. The van der Waals surface area contributed by atoms with E-state index in [0.717, 1.165) is 39.8 Å². The van der Waals surface area contributed by atoms with Crippen LogP contribution < -0.4 is 4.74 Å². The number of rotatable bonds is 1. The molecule has 28 heavy (non-hydrogen) atoms. The van der Waals surface area contributed by atoms with E-state index in [0.29, 0.717) is 6.42 Å². The molecule has 2 aromatic heterocycles. The van der Waals surface area contributed by atoms with Crippen molar-refractivity contribution < 1.29 is 4.74 Å². The molecule has 136 valence electrons. The third-order valence-electron chi connectivity index (χ3n) is 4.85. The first kappa shape index (κ1) is 16.3. The second kappa shape index (κ2) is 6.39. The summed E-state index contributed by atoms with van der Waals surface area (Å²) in [6.07, 6.45) is 4.29. The topological polar surface area (TPSA) is 57.8 Å². The molecule has 5 rings (SSSR count). The van der Waals surface area contributed by atoms with Gasteiger partial charge in [-0.2, -0.15) is 0 Å². The molecular weight excluding hydrogens is 350 g/mol. The first-order valence-electron chi connectivity index (χ1n) is 8.96. The molecule has 0 aliphatic carbocycles. The van der Waals surface area contributed by atoms with Crippen LogP contribution in [0.2, 0.25) is 0 Å². The van der Waals surface area contributed by atoms with E-state index in [4.69, 9.17) is 4.74 Å². The number of hydrogen-bond donors (Lipinski definition) is 0. The van der Waals surface area contributed by atoms with Gasteiger partial charge >= 0.3 is 0 Å². The highest BCUT2D eigenvalue weighted by atomic mass is 16.5. The van der Waals surface area contributed by atoms with Crippen LogP contribution >= 0.6 is 0 Å². The van der Waals surface area contributed by atoms with Crippen LogP contribution in [0.3, 0.4) is 0 Å². The summed E-state index contributed by atoms with van der Waals surface area (Å²) < 4.78 is 9.27. The van der Waals surface area contributed by atoms with Crippen molar-refractivity contribution in [1.29, 1.82) is 0 Å². The molecule has 4 aromatic rings. The highest BCUT2D eigenvalue weighted by Gasteiger charge is 2.22. The number of imidazole rings is 1. The van der Waals surface area contributed by atoms with Crippen molar-refractivity contribution in [2.24, 2.45) is 0 Å². The van der Waals surface area contributed by atoms with E-state index >= 15 is 0 Å². The van der Waals surface area contributed by atoms with Crippen LogP contribution in [0.5, 0.6) is 5.75 Å². The lowest BCUT2D eigenvalue weighted by Gasteiger charge is -2.10. The van der Waals surface area contributed by atoms with Gasteiger partial charge in [0.05, 0.1) is 36.1 Å². The Kier molecular flexibility index (Phi) is 3.73. The summed E-state index contributed by atoms with van der Waals surface area (Å²) in [6.45, 7) is 2.07. The van der Waals surface area contributed by atoms with Crippen molar-refractivity contribution >= 4 is 0 Å². The summed E-state index contributed by atoms with van der Waals surface area (Å²) in [6, 6.07) is 14.0. The van der Waals surface area contributed by atoms with Crippen molar-refractivity contribution in [1.82, 2.24) is 24.5 Å². The number of methoxy groups -OCH3 is 1. The maximum absolute atomic E-state index is 5.27. The van der Waals surface area contributed by atoms with Crippen LogP contribution in [-0.4, -0.2) is 31.7 Å². The summed E-state index contributed by atoms with van der Waals surface area (Å²) in [5, 5.41) is 8.39. The highest BCUT2D eigenvalue weighted by molar-refractivity contribution is 5.58. The van der Waals surface area contributed by atoms with Crippen molar-refractivity contribution in [3.05, 3.63) is 83.2 Å². The molecule has 0 spiro atoms. The number of benzene rings is 2.